The molecule has 0 unspecified atom stereocenters. The predicted molar refractivity (Wildman–Crippen MR) is 197 cm³/mol. The molecule has 8 rings (SSSR count). The molecule has 12 atom stereocenters. The summed E-state index contributed by atoms with van der Waals surface area (Å²) in [5.41, 5.74) is 22.7. The zero-order valence-corrected chi connectivity index (χ0v) is 31.3. The van der Waals surface area contributed by atoms with Crippen molar-refractivity contribution in [3.8, 4) is 0 Å². The van der Waals surface area contributed by atoms with Gasteiger partial charge in [0.25, 0.3) is 0 Å². The summed E-state index contributed by atoms with van der Waals surface area (Å²) in [6.45, 7) is 2.22. The SMILES string of the molecule is NC[C@@]1(CC(=O)O)C[C@@H]2CCC[C@@H]21.NC[C@@]1(CC(=O)O)C[C@H]2CCC[C@H]21.NC[C@]1(CC(=O)O)C[C@@H]2CCC[C@@H]21.NC[C@]1(CC(=O)O)C[C@H]2CCC[C@H]21. The second-order valence-corrected chi connectivity index (χ2v) is 18.6. The standard InChI is InChI=1S/4C10H17NO2/c4*11-6-10(5-9(12)13)4-7-2-1-3-8(7)10/h4*7-8H,1-6,11H2,(H,12,13)/t2*7-,8-,10+;2*7-,8-,10-/m1010/s1. The van der Waals surface area contributed by atoms with Crippen molar-refractivity contribution in [2.75, 3.05) is 26.2 Å². The topological polar surface area (TPSA) is 253 Å². The Balaban J connectivity index is 0.000000134. The van der Waals surface area contributed by atoms with Crippen molar-refractivity contribution in [1.29, 1.82) is 0 Å². The first-order valence-corrected chi connectivity index (χ1v) is 20.4. The van der Waals surface area contributed by atoms with E-state index in [1.165, 1.54) is 77.0 Å². The maximum absolute atomic E-state index is 10.7. The lowest BCUT2D eigenvalue weighted by atomic mass is 9.53. The van der Waals surface area contributed by atoms with E-state index in [0.717, 1.165) is 49.4 Å². The molecule has 8 fully saturated rings. The van der Waals surface area contributed by atoms with Crippen LogP contribution in [-0.2, 0) is 19.2 Å². The van der Waals surface area contributed by atoms with E-state index in [1.54, 1.807) is 0 Å². The highest BCUT2D eigenvalue weighted by atomic mass is 16.4. The van der Waals surface area contributed by atoms with Gasteiger partial charge in [-0.1, -0.05) is 51.4 Å². The van der Waals surface area contributed by atoms with E-state index in [4.69, 9.17) is 43.4 Å². The van der Waals surface area contributed by atoms with E-state index in [2.05, 4.69) is 0 Å². The first-order chi connectivity index (χ1) is 24.7. The largest absolute Gasteiger partial charge is 0.481 e. The molecule has 0 bridgehead atoms. The van der Waals surface area contributed by atoms with Crippen molar-refractivity contribution in [2.24, 2.45) is 91.9 Å². The van der Waals surface area contributed by atoms with Crippen LogP contribution >= 0.6 is 0 Å². The highest BCUT2D eigenvalue weighted by Crippen LogP contribution is 2.63. The van der Waals surface area contributed by atoms with Crippen LogP contribution in [0.4, 0.5) is 0 Å². The molecule has 12 nitrogen and oxygen atoms in total. The van der Waals surface area contributed by atoms with Crippen LogP contribution in [0.15, 0.2) is 0 Å². The van der Waals surface area contributed by atoms with Crippen molar-refractivity contribution in [3.63, 3.8) is 0 Å². The fraction of sp³-hybridized carbons (Fsp3) is 0.900. The summed E-state index contributed by atoms with van der Waals surface area (Å²) in [7, 11) is 0. The van der Waals surface area contributed by atoms with Crippen LogP contribution < -0.4 is 22.9 Å². The fourth-order valence-electron chi connectivity index (χ4n) is 13.6. The summed E-state index contributed by atoms with van der Waals surface area (Å²) in [4.78, 5) is 42.8. The molecule has 8 saturated carbocycles. The van der Waals surface area contributed by atoms with Crippen molar-refractivity contribution in [1.82, 2.24) is 0 Å². The van der Waals surface area contributed by atoms with Crippen LogP contribution in [-0.4, -0.2) is 70.5 Å². The molecule has 0 aromatic heterocycles. The Bertz CT molecular complexity index is 1110. The predicted octanol–water partition coefficient (Wildman–Crippen LogP) is 4.90. The van der Waals surface area contributed by atoms with Gasteiger partial charge in [0.05, 0.1) is 25.7 Å². The molecule has 0 amide bonds. The normalized spacial score (nSPS) is 42.5. The zero-order chi connectivity index (χ0) is 37.9. The average molecular weight is 733 g/mol. The first kappa shape index (κ1) is 40.9. The third-order valence-electron chi connectivity index (χ3n) is 16.1. The van der Waals surface area contributed by atoms with Gasteiger partial charge in [0.2, 0.25) is 0 Å². The number of nitrogens with two attached hydrogens (primary N) is 4. The number of aliphatic carboxylic acids is 4. The number of hydrogen-bond acceptors (Lipinski definition) is 8. The molecular formula is C40H68N4O8. The van der Waals surface area contributed by atoms with Gasteiger partial charge in [-0.2, -0.15) is 0 Å². The molecule has 52 heavy (non-hydrogen) atoms. The van der Waals surface area contributed by atoms with Gasteiger partial charge < -0.3 is 43.4 Å². The van der Waals surface area contributed by atoms with Crippen LogP contribution in [0.3, 0.4) is 0 Å². The Kier molecular flexibility index (Phi) is 13.1. The molecule has 296 valence electrons. The van der Waals surface area contributed by atoms with Crippen LogP contribution in [0.5, 0.6) is 0 Å². The molecule has 0 aromatic carbocycles. The summed E-state index contributed by atoms with van der Waals surface area (Å²) in [5.74, 6) is 2.92. The maximum atomic E-state index is 10.7. The molecule has 12 heteroatoms. The molecule has 0 aliphatic heterocycles. The maximum Gasteiger partial charge on any atom is 0.303 e. The number of rotatable bonds is 12. The monoisotopic (exact) mass is 733 g/mol. The van der Waals surface area contributed by atoms with Gasteiger partial charge in [-0.3, -0.25) is 19.2 Å². The third kappa shape index (κ3) is 8.05. The third-order valence-corrected chi connectivity index (χ3v) is 16.1. The van der Waals surface area contributed by atoms with Crippen molar-refractivity contribution in [2.45, 2.75) is 128 Å². The molecule has 8 aliphatic rings. The number of carbonyl (C=O) groups is 4. The Morgan fingerprint density at radius 1 is 0.385 bits per heavy atom. The molecule has 0 heterocycles. The molecule has 8 aliphatic carbocycles. The van der Waals surface area contributed by atoms with Gasteiger partial charge in [-0.15, -0.1) is 0 Å². The number of hydrogen-bond donors (Lipinski definition) is 8. The minimum absolute atomic E-state index is 0.0347. The van der Waals surface area contributed by atoms with E-state index in [0.29, 0.717) is 49.9 Å². The lowest BCUT2D eigenvalue weighted by Crippen LogP contribution is -2.51. The molecule has 0 spiro atoms. The molecule has 0 aromatic rings. The van der Waals surface area contributed by atoms with Crippen LogP contribution in [0.25, 0.3) is 0 Å². The number of fused-ring (bicyclic) bond motifs is 4. The van der Waals surface area contributed by atoms with E-state index in [-0.39, 0.29) is 47.3 Å². The van der Waals surface area contributed by atoms with Gasteiger partial charge in [0.1, 0.15) is 0 Å². The van der Waals surface area contributed by atoms with Gasteiger partial charge in [0.15, 0.2) is 0 Å². The minimum Gasteiger partial charge on any atom is -0.481 e. The Hall–Kier alpha value is -2.28. The summed E-state index contributed by atoms with van der Waals surface area (Å²) >= 11 is 0. The molecule has 0 radical (unpaired) electrons. The highest BCUT2D eigenvalue weighted by Gasteiger charge is 2.57. The van der Waals surface area contributed by atoms with Gasteiger partial charge in [0, 0.05) is 0 Å². The summed E-state index contributed by atoms with van der Waals surface area (Å²) in [6, 6.07) is 0. The average Bonchev–Trinajstić information content (AvgIpc) is 3.86. The van der Waals surface area contributed by atoms with E-state index in [9.17, 15) is 19.2 Å². The lowest BCUT2D eigenvalue weighted by Gasteiger charge is -2.51. The Morgan fingerprint density at radius 3 is 0.712 bits per heavy atom. The number of carboxylic acids is 4. The minimum atomic E-state index is -0.684. The second-order valence-electron chi connectivity index (χ2n) is 18.6. The summed E-state index contributed by atoms with van der Waals surface area (Å²) in [5, 5.41) is 35.2. The lowest BCUT2D eigenvalue weighted by molar-refractivity contribution is -0.146. The molecule has 12 N–H and O–H groups in total. The van der Waals surface area contributed by atoms with Gasteiger partial charge >= 0.3 is 23.9 Å². The smallest absolute Gasteiger partial charge is 0.303 e. The summed E-state index contributed by atoms with van der Waals surface area (Å²) in [6.07, 6.45) is 20.5. The summed E-state index contributed by atoms with van der Waals surface area (Å²) < 4.78 is 0. The number of carboxylic acid groups (broad SMARTS) is 4. The van der Waals surface area contributed by atoms with E-state index in [1.807, 2.05) is 0 Å². The van der Waals surface area contributed by atoms with Crippen molar-refractivity contribution < 1.29 is 39.6 Å². The van der Waals surface area contributed by atoms with Crippen molar-refractivity contribution >= 4 is 23.9 Å². The zero-order valence-electron chi connectivity index (χ0n) is 31.3. The molecule has 0 saturated heterocycles. The molecular weight excluding hydrogens is 664 g/mol. The van der Waals surface area contributed by atoms with Gasteiger partial charge in [-0.05, 0) is 147 Å². The van der Waals surface area contributed by atoms with Gasteiger partial charge in [-0.25, -0.2) is 0 Å². The van der Waals surface area contributed by atoms with E-state index >= 15 is 0 Å². The highest BCUT2D eigenvalue weighted by molar-refractivity contribution is 5.69. The first-order valence-electron chi connectivity index (χ1n) is 20.4. The van der Waals surface area contributed by atoms with E-state index < -0.39 is 23.9 Å². The van der Waals surface area contributed by atoms with Crippen LogP contribution in [0.1, 0.15) is 128 Å². The van der Waals surface area contributed by atoms with Crippen LogP contribution in [0.2, 0.25) is 0 Å². The van der Waals surface area contributed by atoms with Crippen molar-refractivity contribution in [3.05, 3.63) is 0 Å². The second kappa shape index (κ2) is 16.6. The van der Waals surface area contributed by atoms with Crippen LogP contribution in [0, 0.1) is 69.0 Å². The fourth-order valence-corrected chi connectivity index (χ4v) is 13.6. The quantitative estimate of drug-likeness (QED) is 0.133. The Morgan fingerprint density at radius 2 is 0.577 bits per heavy atom. The Labute approximate surface area is 309 Å².